The van der Waals surface area contributed by atoms with Crippen LogP contribution in [0.2, 0.25) is 0 Å². The molecule has 31 heavy (non-hydrogen) atoms. The van der Waals surface area contributed by atoms with Gasteiger partial charge in [-0.25, -0.2) is 0 Å². The highest BCUT2D eigenvalue weighted by atomic mass is 16.2. The van der Waals surface area contributed by atoms with Gasteiger partial charge in [-0.1, -0.05) is 60.7 Å². The van der Waals surface area contributed by atoms with E-state index in [1.165, 1.54) is 15.1 Å². The number of carbonyl (C=O) groups excluding carboxylic acids is 1. The Balaban J connectivity index is 1.71. The SMILES string of the molecule is C[NH+](C)Cc1ccccc1CNC(=O)c1nn(-c2ccccc2)c(=O)c2ccccc12. The van der Waals surface area contributed by atoms with E-state index in [4.69, 9.17) is 0 Å². The second kappa shape index (κ2) is 8.93. The van der Waals surface area contributed by atoms with Crippen LogP contribution < -0.4 is 15.8 Å². The maximum Gasteiger partial charge on any atom is 0.279 e. The molecule has 0 aliphatic carbocycles. The average Bonchev–Trinajstić information content (AvgIpc) is 2.79. The third kappa shape index (κ3) is 4.39. The summed E-state index contributed by atoms with van der Waals surface area (Å²) >= 11 is 0. The molecule has 3 aromatic carbocycles. The van der Waals surface area contributed by atoms with Crippen molar-refractivity contribution in [2.24, 2.45) is 0 Å². The largest absolute Gasteiger partial charge is 0.347 e. The van der Waals surface area contributed by atoms with E-state index in [1.807, 2.05) is 42.5 Å². The van der Waals surface area contributed by atoms with Crippen molar-refractivity contribution in [2.45, 2.75) is 13.1 Å². The van der Waals surface area contributed by atoms with Gasteiger partial charge in [0.15, 0.2) is 5.69 Å². The number of benzene rings is 3. The van der Waals surface area contributed by atoms with Gasteiger partial charge in [0.25, 0.3) is 11.5 Å². The summed E-state index contributed by atoms with van der Waals surface area (Å²) in [5, 5.41) is 8.44. The number of aromatic nitrogens is 2. The standard InChI is InChI=1S/C25H24N4O2/c1-28(2)17-19-11-7-6-10-18(19)16-26-24(30)23-21-14-8-9-15-22(21)25(31)29(27-23)20-12-4-3-5-13-20/h3-15H,16-17H2,1-2H3,(H,26,30)/p+1. The summed E-state index contributed by atoms with van der Waals surface area (Å²) in [5.41, 5.74) is 2.85. The van der Waals surface area contributed by atoms with Crippen LogP contribution in [0.5, 0.6) is 0 Å². The van der Waals surface area contributed by atoms with Crippen molar-refractivity contribution in [3.63, 3.8) is 0 Å². The number of hydrogen-bond acceptors (Lipinski definition) is 3. The van der Waals surface area contributed by atoms with E-state index in [9.17, 15) is 9.59 Å². The molecule has 0 unspecified atom stereocenters. The van der Waals surface area contributed by atoms with Crippen LogP contribution in [0.4, 0.5) is 0 Å². The predicted octanol–water partition coefficient (Wildman–Crippen LogP) is 1.96. The number of para-hydroxylation sites is 1. The van der Waals surface area contributed by atoms with Crippen LogP contribution in [0.25, 0.3) is 16.5 Å². The van der Waals surface area contributed by atoms with E-state index >= 15 is 0 Å². The number of hydrogen-bond donors (Lipinski definition) is 2. The fraction of sp³-hybridized carbons (Fsp3) is 0.160. The minimum Gasteiger partial charge on any atom is -0.347 e. The topological polar surface area (TPSA) is 68.4 Å². The zero-order valence-electron chi connectivity index (χ0n) is 17.6. The van der Waals surface area contributed by atoms with Crippen LogP contribution >= 0.6 is 0 Å². The molecule has 1 aromatic heterocycles. The lowest BCUT2D eigenvalue weighted by molar-refractivity contribution is -0.872. The third-order valence-corrected chi connectivity index (χ3v) is 5.12. The molecule has 2 N–H and O–H groups in total. The fourth-order valence-corrected chi connectivity index (χ4v) is 3.64. The monoisotopic (exact) mass is 413 g/mol. The van der Waals surface area contributed by atoms with Gasteiger partial charge in [0.1, 0.15) is 6.54 Å². The highest BCUT2D eigenvalue weighted by molar-refractivity contribution is 6.04. The molecule has 6 nitrogen and oxygen atoms in total. The second-order valence-corrected chi connectivity index (χ2v) is 7.78. The van der Waals surface area contributed by atoms with Crippen LogP contribution in [-0.4, -0.2) is 29.8 Å². The summed E-state index contributed by atoms with van der Waals surface area (Å²) < 4.78 is 1.29. The molecule has 0 aliphatic heterocycles. The van der Waals surface area contributed by atoms with Crippen molar-refractivity contribution in [3.8, 4) is 5.69 Å². The van der Waals surface area contributed by atoms with E-state index < -0.39 is 0 Å². The van der Waals surface area contributed by atoms with Gasteiger partial charge < -0.3 is 10.2 Å². The third-order valence-electron chi connectivity index (χ3n) is 5.12. The van der Waals surface area contributed by atoms with Crippen molar-refractivity contribution < 1.29 is 9.69 Å². The van der Waals surface area contributed by atoms with Crippen molar-refractivity contribution >= 4 is 16.7 Å². The minimum absolute atomic E-state index is 0.231. The Labute approximate surface area is 180 Å². The first-order chi connectivity index (χ1) is 15.0. The Kier molecular flexibility index (Phi) is 5.91. The molecule has 156 valence electrons. The maximum absolute atomic E-state index is 13.2. The average molecular weight is 414 g/mol. The summed E-state index contributed by atoms with van der Waals surface area (Å²) in [6, 6.07) is 24.3. The van der Waals surface area contributed by atoms with Gasteiger partial charge in [-0.15, -0.1) is 0 Å². The number of nitrogens with one attached hydrogen (secondary N) is 2. The van der Waals surface area contributed by atoms with Gasteiger partial charge in [-0.05, 0) is 23.8 Å². The van der Waals surface area contributed by atoms with Crippen LogP contribution in [-0.2, 0) is 13.1 Å². The van der Waals surface area contributed by atoms with Gasteiger partial charge in [0.05, 0.1) is 25.2 Å². The summed E-state index contributed by atoms with van der Waals surface area (Å²) in [4.78, 5) is 27.5. The highest BCUT2D eigenvalue weighted by Crippen LogP contribution is 2.16. The van der Waals surface area contributed by atoms with Gasteiger partial charge >= 0.3 is 0 Å². The van der Waals surface area contributed by atoms with Gasteiger partial charge in [0.2, 0.25) is 0 Å². The summed E-state index contributed by atoms with van der Waals surface area (Å²) in [5.74, 6) is -0.312. The number of amides is 1. The molecule has 4 rings (SSSR count). The summed E-state index contributed by atoms with van der Waals surface area (Å²) in [6.07, 6.45) is 0. The number of quaternary nitrogens is 1. The molecule has 0 aliphatic rings. The zero-order chi connectivity index (χ0) is 21.8. The molecule has 4 aromatic rings. The molecular formula is C25H25N4O2+. The molecule has 0 radical (unpaired) electrons. The second-order valence-electron chi connectivity index (χ2n) is 7.78. The van der Waals surface area contributed by atoms with E-state index in [0.717, 1.165) is 12.1 Å². The maximum atomic E-state index is 13.2. The lowest BCUT2D eigenvalue weighted by Gasteiger charge is -2.14. The molecular weight excluding hydrogens is 388 g/mol. The van der Waals surface area contributed by atoms with E-state index in [1.54, 1.807) is 30.3 Å². The lowest BCUT2D eigenvalue weighted by Crippen LogP contribution is -3.04. The number of fused-ring (bicyclic) bond motifs is 1. The Morgan fingerprint density at radius 3 is 2.19 bits per heavy atom. The normalized spacial score (nSPS) is 11.1. The fourth-order valence-electron chi connectivity index (χ4n) is 3.64. The van der Waals surface area contributed by atoms with Gasteiger partial charge in [0, 0.05) is 17.5 Å². The van der Waals surface area contributed by atoms with Crippen LogP contribution in [0.1, 0.15) is 21.6 Å². The molecule has 0 saturated heterocycles. The van der Waals surface area contributed by atoms with E-state index in [0.29, 0.717) is 23.0 Å². The minimum atomic E-state index is -0.312. The first kappa shape index (κ1) is 20.5. The predicted molar refractivity (Wildman–Crippen MR) is 121 cm³/mol. The van der Waals surface area contributed by atoms with Crippen molar-refractivity contribution in [1.29, 1.82) is 0 Å². The Morgan fingerprint density at radius 1 is 0.871 bits per heavy atom. The van der Waals surface area contributed by atoms with Crippen molar-refractivity contribution in [2.75, 3.05) is 14.1 Å². The Bertz CT molecular complexity index is 1280. The smallest absolute Gasteiger partial charge is 0.279 e. The Morgan fingerprint density at radius 2 is 1.48 bits per heavy atom. The quantitative estimate of drug-likeness (QED) is 0.508. The molecule has 0 bridgehead atoms. The molecule has 1 amide bonds. The summed E-state index contributed by atoms with van der Waals surface area (Å²) in [6.45, 7) is 1.26. The van der Waals surface area contributed by atoms with Gasteiger partial charge in [-0.2, -0.15) is 9.78 Å². The number of rotatable bonds is 6. The number of nitrogens with zero attached hydrogens (tertiary/aromatic N) is 2. The first-order valence-electron chi connectivity index (χ1n) is 10.3. The van der Waals surface area contributed by atoms with Crippen LogP contribution in [0.15, 0.2) is 83.7 Å². The molecule has 1 heterocycles. The molecule has 0 spiro atoms. The molecule has 0 saturated carbocycles. The molecule has 6 heteroatoms. The van der Waals surface area contributed by atoms with E-state index in [-0.39, 0.29) is 17.2 Å². The summed E-state index contributed by atoms with van der Waals surface area (Å²) in [7, 11) is 4.19. The van der Waals surface area contributed by atoms with E-state index in [2.05, 4.69) is 30.6 Å². The zero-order valence-corrected chi connectivity index (χ0v) is 17.6. The first-order valence-corrected chi connectivity index (χ1v) is 10.3. The molecule has 0 atom stereocenters. The van der Waals surface area contributed by atoms with Crippen molar-refractivity contribution in [3.05, 3.63) is 106 Å². The Hall–Kier alpha value is -3.77. The number of carbonyl (C=O) groups is 1. The lowest BCUT2D eigenvalue weighted by atomic mass is 10.1. The van der Waals surface area contributed by atoms with Gasteiger partial charge in [-0.3, -0.25) is 9.59 Å². The highest BCUT2D eigenvalue weighted by Gasteiger charge is 2.17. The van der Waals surface area contributed by atoms with Crippen LogP contribution in [0.3, 0.4) is 0 Å². The van der Waals surface area contributed by atoms with Crippen molar-refractivity contribution in [1.82, 2.24) is 15.1 Å². The van der Waals surface area contributed by atoms with Crippen LogP contribution in [0, 0.1) is 0 Å². The molecule has 0 fully saturated rings.